The Morgan fingerprint density at radius 3 is 2.19 bits per heavy atom. The number of nitrogens with one attached hydrogen (secondary N) is 1. The van der Waals surface area contributed by atoms with Gasteiger partial charge in [-0.05, 0) is 37.4 Å². The number of likely N-dealkylation sites (N-methyl/N-ethyl adjacent to an activating group) is 1. The molecule has 0 saturated carbocycles. The molecule has 1 unspecified atom stereocenters. The number of hydrogen-bond acceptors (Lipinski definition) is 3. The molecule has 21 heavy (non-hydrogen) atoms. The van der Waals surface area contributed by atoms with Crippen molar-refractivity contribution in [3.63, 3.8) is 0 Å². The van der Waals surface area contributed by atoms with Crippen molar-refractivity contribution >= 4 is 11.3 Å². The summed E-state index contributed by atoms with van der Waals surface area (Å²) in [6.07, 6.45) is 0.949. The second-order valence-electron chi connectivity index (χ2n) is 6.67. The molecule has 0 aliphatic heterocycles. The number of hydrogen-bond donors (Lipinski definition) is 1. The van der Waals surface area contributed by atoms with Crippen LogP contribution >= 0.6 is 11.3 Å². The van der Waals surface area contributed by atoms with Gasteiger partial charge in [-0.3, -0.25) is 0 Å². The average molecular weight is 302 g/mol. The molecule has 0 bridgehead atoms. The van der Waals surface area contributed by atoms with E-state index in [4.69, 9.17) is 0 Å². The van der Waals surface area contributed by atoms with Crippen LogP contribution in [0.5, 0.6) is 0 Å². The minimum Gasteiger partial charge on any atom is -0.313 e. The molecule has 1 heterocycles. The van der Waals surface area contributed by atoms with Crippen molar-refractivity contribution in [2.75, 3.05) is 7.05 Å². The van der Waals surface area contributed by atoms with Crippen molar-refractivity contribution in [1.29, 1.82) is 0 Å². The molecule has 0 amide bonds. The maximum atomic E-state index is 4.66. The van der Waals surface area contributed by atoms with Crippen LogP contribution in [0.4, 0.5) is 0 Å². The topological polar surface area (TPSA) is 24.9 Å². The lowest BCUT2D eigenvalue weighted by atomic mass is 9.86. The van der Waals surface area contributed by atoms with E-state index in [1.807, 2.05) is 18.4 Å². The third-order valence-electron chi connectivity index (χ3n) is 3.98. The van der Waals surface area contributed by atoms with E-state index >= 15 is 0 Å². The normalized spacial score (nSPS) is 13.4. The van der Waals surface area contributed by atoms with Crippen LogP contribution in [0, 0.1) is 13.8 Å². The van der Waals surface area contributed by atoms with Crippen LogP contribution in [-0.2, 0) is 11.8 Å². The quantitative estimate of drug-likeness (QED) is 0.895. The van der Waals surface area contributed by atoms with Gasteiger partial charge in [0, 0.05) is 17.3 Å². The molecule has 2 rings (SSSR count). The zero-order valence-electron chi connectivity index (χ0n) is 13.9. The van der Waals surface area contributed by atoms with E-state index in [0.717, 1.165) is 12.1 Å². The number of thiazole rings is 1. The molecule has 3 heteroatoms. The van der Waals surface area contributed by atoms with E-state index in [0.29, 0.717) is 6.04 Å². The summed E-state index contributed by atoms with van der Waals surface area (Å²) >= 11 is 1.81. The summed E-state index contributed by atoms with van der Waals surface area (Å²) < 4.78 is 0. The minimum atomic E-state index is 0.206. The molecule has 2 aromatic rings. The van der Waals surface area contributed by atoms with Gasteiger partial charge < -0.3 is 5.32 Å². The lowest BCUT2D eigenvalue weighted by Gasteiger charge is -2.21. The largest absolute Gasteiger partial charge is 0.313 e. The number of aromatic nitrogens is 1. The zero-order valence-corrected chi connectivity index (χ0v) is 14.8. The minimum absolute atomic E-state index is 0.206. The fourth-order valence-corrected chi connectivity index (χ4v) is 3.38. The van der Waals surface area contributed by atoms with Crippen LogP contribution < -0.4 is 5.32 Å². The van der Waals surface area contributed by atoms with Crippen LogP contribution in [0.25, 0.3) is 0 Å². The Hall–Kier alpha value is -1.19. The van der Waals surface area contributed by atoms with Gasteiger partial charge in [-0.2, -0.15) is 0 Å². The highest BCUT2D eigenvalue weighted by Gasteiger charge is 2.16. The van der Waals surface area contributed by atoms with Crippen LogP contribution in [0.15, 0.2) is 24.3 Å². The van der Waals surface area contributed by atoms with Gasteiger partial charge >= 0.3 is 0 Å². The molecule has 114 valence electrons. The van der Waals surface area contributed by atoms with E-state index in [9.17, 15) is 0 Å². The van der Waals surface area contributed by atoms with Crippen LogP contribution in [0.3, 0.4) is 0 Å². The van der Waals surface area contributed by atoms with E-state index < -0.39 is 0 Å². The Balaban J connectivity index is 2.17. The third kappa shape index (κ3) is 3.92. The van der Waals surface area contributed by atoms with Gasteiger partial charge in [0.25, 0.3) is 0 Å². The maximum Gasteiger partial charge on any atom is 0.0949 e. The number of nitrogens with zero attached hydrogens (tertiary/aromatic N) is 1. The zero-order chi connectivity index (χ0) is 15.6. The molecule has 0 aliphatic rings. The predicted octanol–water partition coefficient (Wildman–Crippen LogP) is 4.56. The molecule has 0 spiro atoms. The molecule has 1 aromatic carbocycles. The lowest BCUT2D eigenvalue weighted by molar-refractivity contribution is 0.579. The summed E-state index contributed by atoms with van der Waals surface area (Å²) in [5, 5.41) is 4.63. The Bertz CT molecular complexity index is 571. The van der Waals surface area contributed by atoms with E-state index in [2.05, 4.69) is 69.2 Å². The molecule has 1 aromatic heterocycles. The Morgan fingerprint density at radius 2 is 1.76 bits per heavy atom. The highest BCUT2D eigenvalue weighted by atomic mass is 32.1. The molecule has 1 atom stereocenters. The van der Waals surface area contributed by atoms with Crippen molar-refractivity contribution < 1.29 is 0 Å². The first-order chi connectivity index (χ1) is 9.81. The Morgan fingerprint density at radius 1 is 1.14 bits per heavy atom. The van der Waals surface area contributed by atoms with Crippen LogP contribution in [0.1, 0.15) is 53.5 Å². The van der Waals surface area contributed by atoms with Gasteiger partial charge in [0.15, 0.2) is 0 Å². The highest BCUT2D eigenvalue weighted by molar-refractivity contribution is 7.11. The monoisotopic (exact) mass is 302 g/mol. The number of aryl methyl sites for hydroxylation is 2. The van der Waals surface area contributed by atoms with Crippen LogP contribution in [-0.4, -0.2) is 12.0 Å². The van der Waals surface area contributed by atoms with Gasteiger partial charge in [0.2, 0.25) is 0 Å². The summed E-state index contributed by atoms with van der Waals surface area (Å²) in [7, 11) is 2.02. The first-order valence-electron chi connectivity index (χ1n) is 7.52. The van der Waals surface area contributed by atoms with Gasteiger partial charge in [0.1, 0.15) is 0 Å². The lowest BCUT2D eigenvalue weighted by Crippen LogP contribution is -2.19. The Kier molecular flexibility index (Phi) is 4.84. The summed E-state index contributed by atoms with van der Waals surface area (Å²) in [5.41, 5.74) is 4.07. The Labute approximate surface area is 132 Å². The molecule has 0 aliphatic carbocycles. The van der Waals surface area contributed by atoms with E-state index in [-0.39, 0.29) is 5.41 Å². The molecule has 0 saturated heterocycles. The number of rotatable bonds is 4. The molecule has 1 N–H and O–H groups in total. The van der Waals surface area contributed by atoms with Crippen molar-refractivity contribution in [3.05, 3.63) is 51.0 Å². The van der Waals surface area contributed by atoms with E-state index in [1.165, 1.54) is 21.0 Å². The van der Waals surface area contributed by atoms with E-state index in [1.54, 1.807) is 0 Å². The average Bonchev–Trinajstić information content (AvgIpc) is 2.74. The fraction of sp³-hybridized carbons (Fsp3) is 0.500. The number of benzene rings is 1. The summed E-state index contributed by atoms with van der Waals surface area (Å²) in [5.74, 6) is 0. The van der Waals surface area contributed by atoms with Crippen LogP contribution in [0.2, 0.25) is 0 Å². The van der Waals surface area contributed by atoms with Crippen molar-refractivity contribution in [3.8, 4) is 0 Å². The second-order valence-corrected chi connectivity index (χ2v) is 7.95. The molecule has 2 nitrogen and oxygen atoms in total. The van der Waals surface area contributed by atoms with Crippen molar-refractivity contribution in [2.45, 2.75) is 52.5 Å². The SMILES string of the molecule is CNC(Cc1nc(C)c(C)s1)c1ccc(C(C)(C)C)cc1. The van der Waals surface area contributed by atoms with Gasteiger partial charge in [-0.1, -0.05) is 45.0 Å². The smallest absolute Gasteiger partial charge is 0.0949 e. The highest BCUT2D eigenvalue weighted by Crippen LogP contribution is 2.26. The third-order valence-corrected chi connectivity index (χ3v) is 5.07. The molecule has 0 fully saturated rings. The second kappa shape index (κ2) is 6.29. The first kappa shape index (κ1) is 16.2. The summed E-state index contributed by atoms with van der Waals surface area (Å²) in [4.78, 5) is 5.98. The van der Waals surface area contributed by atoms with Gasteiger partial charge in [0.05, 0.1) is 10.7 Å². The van der Waals surface area contributed by atoms with Gasteiger partial charge in [-0.25, -0.2) is 4.98 Å². The predicted molar refractivity (Wildman–Crippen MR) is 92.2 cm³/mol. The summed E-state index contributed by atoms with van der Waals surface area (Å²) in [6.45, 7) is 11.0. The standard InChI is InChI=1S/C18H26N2S/c1-12-13(2)21-17(20-12)11-16(19-6)14-7-9-15(10-8-14)18(3,4)5/h7-10,16,19H,11H2,1-6H3. The molecular weight excluding hydrogens is 276 g/mol. The van der Waals surface area contributed by atoms with Gasteiger partial charge in [-0.15, -0.1) is 11.3 Å². The molecular formula is C18H26N2S. The van der Waals surface area contributed by atoms with Crippen molar-refractivity contribution in [2.24, 2.45) is 0 Å². The molecule has 0 radical (unpaired) electrons. The first-order valence-corrected chi connectivity index (χ1v) is 8.33. The van der Waals surface area contributed by atoms with Crippen molar-refractivity contribution in [1.82, 2.24) is 10.3 Å². The maximum absolute atomic E-state index is 4.66. The fourth-order valence-electron chi connectivity index (χ4n) is 2.40. The summed E-state index contributed by atoms with van der Waals surface area (Å²) in [6, 6.07) is 9.31.